The first-order chi connectivity index (χ1) is 11.7. The highest BCUT2D eigenvalue weighted by molar-refractivity contribution is 5.96. The minimum Gasteiger partial charge on any atom is -0.378 e. The Kier molecular flexibility index (Phi) is 5.47. The molecule has 1 aromatic rings. The summed E-state index contributed by atoms with van der Waals surface area (Å²) in [6.45, 7) is 6.75. The Hall–Kier alpha value is -1.93. The molecule has 2 aliphatic heterocycles. The number of carbonyl (C=O) groups excluding carboxylic acids is 2. The first-order valence-electron chi connectivity index (χ1n) is 8.62. The number of morpholine rings is 1. The second-order valence-electron chi connectivity index (χ2n) is 6.10. The van der Waals surface area contributed by atoms with Gasteiger partial charge in [0, 0.05) is 45.5 Å². The molecule has 8 nitrogen and oxygen atoms in total. The fourth-order valence-electron chi connectivity index (χ4n) is 3.21. The maximum atomic E-state index is 13.0. The van der Waals surface area contributed by atoms with Gasteiger partial charge in [0.05, 0.1) is 13.2 Å². The van der Waals surface area contributed by atoms with Crippen LogP contribution in [0.4, 0.5) is 0 Å². The number of amides is 2. The van der Waals surface area contributed by atoms with Crippen molar-refractivity contribution in [3.63, 3.8) is 0 Å². The van der Waals surface area contributed by atoms with Crippen molar-refractivity contribution in [1.29, 1.82) is 0 Å². The van der Waals surface area contributed by atoms with E-state index in [1.807, 2.05) is 6.92 Å². The minimum absolute atomic E-state index is 0.000377. The summed E-state index contributed by atoms with van der Waals surface area (Å²) in [6.07, 6.45) is 2.55. The molecule has 1 unspecified atom stereocenters. The Labute approximate surface area is 141 Å². The van der Waals surface area contributed by atoms with Crippen molar-refractivity contribution in [1.82, 2.24) is 24.9 Å². The highest BCUT2D eigenvalue weighted by Crippen LogP contribution is 2.14. The van der Waals surface area contributed by atoms with Crippen LogP contribution in [0.25, 0.3) is 0 Å². The van der Waals surface area contributed by atoms with Gasteiger partial charge in [-0.2, -0.15) is 5.10 Å². The van der Waals surface area contributed by atoms with Gasteiger partial charge in [-0.05, 0) is 12.5 Å². The van der Waals surface area contributed by atoms with Gasteiger partial charge in [0.2, 0.25) is 5.91 Å². The molecule has 1 atom stereocenters. The van der Waals surface area contributed by atoms with Gasteiger partial charge in [0.25, 0.3) is 5.91 Å². The SMILES string of the molecule is CCCn1nccc1C(=O)N1CCNCC1C(=O)N1CCOCC1. The normalized spacial score (nSPS) is 21.8. The van der Waals surface area contributed by atoms with E-state index in [-0.39, 0.29) is 11.8 Å². The van der Waals surface area contributed by atoms with E-state index >= 15 is 0 Å². The predicted octanol–water partition coefficient (Wildman–Crippen LogP) is -0.434. The summed E-state index contributed by atoms with van der Waals surface area (Å²) in [6, 6.07) is 1.27. The van der Waals surface area contributed by atoms with Crippen molar-refractivity contribution in [3.05, 3.63) is 18.0 Å². The van der Waals surface area contributed by atoms with Crippen LogP contribution in [0.1, 0.15) is 23.8 Å². The summed E-state index contributed by atoms with van der Waals surface area (Å²) in [5.41, 5.74) is 0.554. The first-order valence-corrected chi connectivity index (χ1v) is 8.62. The van der Waals surface area contributed by atoms with Crippen molar-refractivity contribution < 1.29 is 14.3 Å². The molecule has 2 fully saturated rings. The lowest BCUT2D eigenvalue weighted by Crippen LogP contribution is -2.61. The van der Waals surface area contributed by atoms with E-state index in [9.17, 15) is 9.59 Å². The Morgan fingerprint density at radius 2 is 2.12 bits per heavy atom. The van der Waals surface area contributed by atoms with Gasteiger partial charge in [0.1, 0.15) is 11.7 Å². The molecule has 0 radical (unpaired) electrons. The molecule has 0 aromatic carbocycles. The van der Waals surface area contributed by atoms with Gasteiger partial charge >= 0.3 is 0 Å². The fourth-order valence-corrected chi connectivity index (χ4v) is 3.21. The van der Waals surface area contributed by atoms with Gasteiger partial charge in [-0.15, -0.1) is 0 Å². The molecule has 0 aliphatic carbocycles. The topological polar surface area (TPSA) is 79.7 Å². The van der Waals surface area contributed by atoms with Crippen LogP contribution in [0.2, 0.25) is 0 Å². The van der Waals surface area contributed by atoms with Gasteiger partial charge < -0.3 is 19.9 Å². The molecular weight excluding hydrogens is 310 g/mol. The van der Waals surface area contributed by atoms with E-state index in [0.717, 1.165) is 6.42 Å². The van der Waals surface area contributed by atoms with Crippen LogP contribution in [0.15, 0.2) is 12.3 Å². The van der Waals surface area contributed by atoms with Crippen LogP contribution < -0.4 is 5.32 Å². The third-order valence-electron chi connectivity index (χ3n) is 4.48. The molecule has 132 valence electrons. The lowest BCUT2D eigenvalue weighted by Gasteiger charge is -2.39. The average molecular weight is 335 g/mol. The molecule has 8 heteroatoms. The maximum absolute atomic E-state index is 13.0. The van der Waals surface area contributed by atoms with E-state index in [2.05, 4.69) is 10.4 Å². The van der Waals surface area contributed by atoms with Crippen LogP contribution in [0, 0.1) is 0 Å². The minimum atomic E-state index is -0.464. The molecule has 3 rings (SSSR count). The molecule has 0 bridgehead atoms. The van der Waals surface area contributed by atoms with E-state index in [1.165, 1.54) is 0 Å². The summed E-state index contributed by atoms with van der Waals surface area (Å²) in [5, 5.41) is 7.45. The van der Waals surface area contributed by atoms with E-state index in [1.54, 1.807) is 26.7 Å². The van der Waals surface area contributed by atoms with E-state index in [0.29, 0.717) is 58.2 Å². The van der Waals surface area contributed by atoms with Crippen LogP contribution in [0.3, 0.4) is 0 Å². The lowest BCUT2D eigenvalue weighted by atomic mass is 10.1. The number of rotatable bonds is 4. The monoisotopic (exact) mass is 335 g/mol. The third-order valence-corrected chi connectivity index (χ3v) is 4.48. The average Bonchev–Trinajstić information content (AvgIpc) is 3.10. The quantitative estimate of drug-likeness (QED) is 0.807. The predicted molar refractivity (Wildman–Crippen MR) is 87.6 cm³/mol. The van der Waals surface area contributed by atoms with Crippen LogP contribution in [0.5, 0.6) is 0 Å². The zero-order chi connectivity index (χ0) is 16.9. The molecule has 2 aliphatic rings. The molecule has 1 N–H and O–H groups in total. The summed E-state index contributed by atoms with van der Waals surface area (Å²) in [5.74, 6) is -0.116. The van der Waals surface area contributed by atoms with Crippen molar-refractivity contribution in [2.75, 3.05) is 45.9 Å². The lowest BCUT2D eigenvalue weighted by molar-refractivity contribution is -0.140. The van der Waals surface area contributed by atoms with Crippen molar-refractivity contribution in [2.45, 2.75) is 25.9 Å². The van der Waals surface area contributed by atoms with E-state index < -0.39 is 6.04 Å². The largest absolute Gasteiger partial charge is 0.378 e. The molecule has 0 spiro atoms. The number of nitrogens with one attached hydrogen (secondary N) is 1. The number of hydrogen-bond donors (Lipinski definition) is 1. The second kappa shape index (κ2) is 7.76. The molecule has 1 aromatic heterocycles. The van der Waals surface area contributed by atoms with Gasteiger partial charge in [-0.1, -0.05) is 6.92 Å². The Morgan fingerprint density at radius 3 is 2.88 bits per heavy atom. The van der Waals surface area contributed by atoms with E-state index in [4.69, 9.17) is 4.74 Å². The van der Waals surface area contributed by atoms with Crippen molar-refractivity contribution in [2.24, 2.45) is 0 Å². The number of aryl methyl sites for hydroxylation is 1. The Balaban J connectivity index is 1.77. The second-order valence-corrected chi connectivity index (χ2v) is 6.10. The van der Waals surface area contributed by atoms with Crippen molar-refractivity contribution in [3.8, 4) is 0 Å². The van der Waals surface area contributed by atoms with Crippen molar-refractivity contribution >= 4 is 11.8 Å². The van der Waals surface area contributed by atoms with Crippen LogP contribution >= 0.6 is 0 Å². The number of hydrogen-bond acceptors (Lipinski definition) is 5. The number of nitrogens with zero attached hydrogens (tertiary/aromatic N) is 4. The number of ether oxygens (including phenoxy) is 1. The summed E-state index contributed by atoms with van der Waals surface area (Å²) < 4.78 is 7.03. The fraction of sp³-hybridized carbons (Fsp3) is 0.688. The standard InChI is InChI=1S/C16H25N5O3/c1-2-6-21-13(3-4-18-21)16(23)20-7-5-17-12-14(20)15(22)19-8-10-24-11-9-19/h3-4,14,17H,2,5-12H2,1H3. The molecule has 3 heterocycles. The van der Waals surface area contributed by atoms with Gasteiger partial charge in [0.15, 0.2) is 0 Å². The van der Waals surface area contributed by atoms with Crippen LogP contribution in [-0.2, 0) is 16.1 Å². The number of carbonyl (C=O) groups is 2. The van der Waals surface area contributed by atoms with Gasteiger partial charge in [-0.3, -0.25) is 14.3 Å². The third kappa shape index (κ3) is 3.44. The molecule has 24 heavy (non-hydrogen) atoms. The molecule has 2 saturated heterocycles. The van der Waals surface area contributed by atoms with Gasteiger partial charge in [-0.25, -0.2) is 0 Å². The maximum Gasteiger partial charge on any atom is 0.272 e. The smallest absolute Gasteiger partial charge is 0.272 e. The summed E-state index contributed by atoms with van der Waals surface area (Å²) in [7, 11) is 0. The highest BCUT2D eigenvalue weighted by atomic mass is 16.5. The first kappa shape index (κ1) is 16.9. The Morgan fingerprint density at radius 1 is 1.33 bits per heavy atom. The molecular formula is C16H25N5O3. The zero-order valence-corrected chi connectivity index (χ0v) is 14.1. The molecule has 0 saturated carbocycles. The number of aromatic nitrogens is 2. The van der Waals surface area contributed by atoms with Crippen LogP contribution in [-0.4, -0.2) is 83.4 Å². The summed E-state index contributed by atoms with van der Waals surface area (Å²) >= 11 is 0. The highest BCUT2D eigenvalue weighted by Gasteiger charge is 2.36. The Bertz CT molecular complexity index is 582. The number of piperazine rings is 1. The molecule has 2 amide bonds. The summed E-state index contributed by atoms with van der Waals surface area (Å²) in [4.78, 5) is 29.3. The zero-order valence-electron chi connectivity index (χ0n) is 14.1.